The number of benzene rings is 1. The van der Waals surface area contributed by atoms with Crippen LogP contribution < -0.4 is 10.6 Å². The van der Waals surface area contributed by atoms with Gasteiger partial charge in [-0.25, -0.2) is 0 Å². The smallest absolute Gasteiger partial charge is 0.221 e. The van der Waals surface area contributed by atoms with Crippen molar-refractivity contribution in [3.05, 3.63) is 34.9 Å². The van der Waals surface area contributed by atoms with Gasteiger partial charge in [0.25, 0.3) is 0 Å². The van der Waals surface area contributed by atoms with Gasteiger partial charge in [0, 0.05) is 29.4 Å². The summed E-state index contributed by atoms with van der Waals surface area (Å²) in [6, 6.07) is 8.47. The van der Waals surface area contributed by atoms with Gasteiger partial charge in [-0.15, -0.1) is 12.4 Å². The summed E-state index contributed by atoms with van der Waals surface area (Å²) in [5.41, 5.74) is 1.43. The third kappa shape index (κ3) is 3.95. The van der Waals surface area contributed by atoms with Crippen molar-refractivity contribution < 1.29 is 4.79 Å². The number of rotatable bonds is 5. The Hall–Kier alpha value is -0.770. The highest BCUT2D eigenvalue weighted by Gasteiger charge is 2.38. The van der Waals surface area contributed by atoms with Crippen LogP contribution in [0.25, 0.3) is 0 Å². The Bertz CT molecular complexity index is 494. The molecule has 0 radical (unpaired) electrons. The van der Waals surface area contributed by atoms with E-state index in [0.29, 0.717) is 12.5 Å². The van der Waals surface area contributed by atoms with Crippen LogP contribution in [-0.4, -0.2) is 25.0 Å². The Kier molecular flexibility index (Phi) is 6.13. The van der Waals surface area contributed by atoms with E-state index in [0.717, 1.165) is 37.4 Å². The second-order valence-corrected chi connectivity index (χ2v) is 6.85. The molecule has 0 bridgehead atoms. The van der Waals surface area contributed by atoms with Gasteiger partial charge in [0.2, 0.25) is 5.91 Å². The van der Waals surface area contributed by atoms with E-state index in [2.05, 4.69) is 22.8 Å². The summed E-state index contributed by atoms with van der Waals surface area (Å²) in [4.78, 5) is 12.1. The molecule has 5 heteroatoms. The van der Waals surface area contributed by atoms with Crippen LogP contribution in [0, 0.1) is 0 Å². The topological polar surface area (TPSA) is 41.1 Å². The Balaban J connectivity index is 0.00000176. The Labute approximate surface area is 143 Å². The lowest BCUT2D eigenvalue weighted by Gasteiger charge is -2.42. The average Bonchev–Trinajstić information content (AvgIpc) is 2.92. The Morgan fingerprint density at radius 3 is 2.55 bits per heavy atom. The van der Waals surface area contributed by atoms with E-state index in [-0.39, 0.29) is 23.7 Å². The molecule has 0 spiro atoms. The minimum atomic E-state index is 0. The van der Waals surface area contributed by atoms with Crippen LogP contribution in [0.15, 0.2) is 24.3 Å². The standard InChI is InChI=1S/C17H23ClN2O.ClH/c18-14-6-4-13(5-7-14)17(8-2-9-17)12-20-16(21)11-15-3-1-10-19-15;/h4-7,15,19H,1-3,8-12H2,(H,20,21);1H. The third-order valence-corrected chi connectivity index (χ3v) is 5.24. The van der Waals surface area contributed by atoms with Crippen molar-refractivity contribution in [2.75, 3.05) is 13.1 Å². The number of hydrogen-bond donors (Lipinski definition) is 2. The molecule has 3 rings (SSSR count). The van der Waals surface area contributed by atoms with Gasteiger partial charge in [0.15, 0.2) is 0 Å². The Morgan fingerprint density at radius 2 is 2.00 bits per heavy atom. The highest BCUT2D eigenvalue weighted by Crippen LogP contribution is 2.43. The fraction of sp³-hybridized carbons (Fsp3) is 0.588. The lowest BCUT2D eigenvalue weighted by atomic mass is 9.64. The van der Waals surface area contributed by atoms with Crippen molar-refractivity contribution in [3.63, 3.8) is 0 Å². The Morgan fingerprint density at radius 1 is 1.27 bits per heavy atom. The van der Waals surface area contributed by atoms with E-state index < -0.39 is 0 Å². The molecule has 2 fully saturated rings. The first-order valence-corrected chi connectivity index (χ1v) is 8.32. The van der Waals surface area contributed by atoms with Gasteiger partial charge >= 0.3 is 0 Å². The second kappa shape index (κ2) is 7.67. The van der Waals surface area contributed by atoms with Gasteiger partial charge in [-0.2, -0.15) is 0 Å². The molecule has 1 aromatic rings. The van der Waals surface area contributed by atoms with Crippen molar-refractivity contribution in [1.82, 2.24) is 10.6 Å². The van der Waals surface area contributed by atoms with E-state index >= 15 is 0 Å². The quantitative estimate of drug-likeness (QED) is 0.860. The average molecular weight is 343 g/mol. The first kappa shape index (κ1) is 17.6. The molecule has 22 heavy (non-hydrogen) atoms. The number of amides is 1. The lowest BCUT2D eigenvalue weighted by Crippen LogP contribution is -2.46. The van der Waals surface area contributed by atoms with Crippen LogP contribution >= 0.6 is 24.0 Å². The maximum Gasteiger partial charge on any atom is 0.221 e. The van der Waals surface area contributed by atoms with Gasteiger partial charge in [0.1, 0.15) is 0 Å². The van der Waals surface area contributed by atoms with Crippen molar-refractivity contribution in [2.45, 2.75) is 50.0 Å². The second-order valence-electron chi connectivity index (χ2n) is 6.41. The van der Waals surface area contributed by atoms with Crippen molar-refractivity contribution in [1.29, 1.82) is 0 Å². The normalized spacial score (nSPS) is 22.5. The fourth-order valence-corrected chi connectivity index (χ4v) is 3.60. The molecule has 1 amide bonds. The third-order valence-electron chi connectivity index (χ3n) is 4.99. The number of nitrogens with one attached hydrogen (secondary N) is 2. The van der Waals surface area contributed by atoms with Gasteiger partial charge in [-0.1, -0.05) is 30.2 Å². The fourth-order valence-electron chi connectivity index (χ4n) is 3.47. The van der Waals surface area contributed by atoms with E-state index in [9.17, 15) is 4.79 Å². The zero-order chi connectivity index (χ0) is 14.7. The van der Waals surface area contributed by atoms with E-state index in [4.69, 9.17) is 11.6 Å². The van der Waals surface area contributed by atoms with Crippen molar-refractivity contribution in [2.24, 2.45) is 0 Å². The molecule has 0 aromatic heterocycles. The SMILES string of the molecule is Cl.O=C(CC1CCCN1)NCC1(c2ccc(Cl)cc2)CCC1. The molecule has 2 aliphatic rings. The maximum atomic E-state index is 12.1. The largest absolute Gasteiger partial charge is 0.355 e. The molecule has 1 aliphatic heterocycles. The number of hydrogen-bond acceptors (Lipinski definition) is 2. The van der Waals surface area contributed by atoms with Crippen LogP contribution in [0.5, 0.6) is 0 Å². The maximum absolute atomic E-state index is 12.1. The molecule has 122 valence electrons. The molecule has 1 unspecified atom stereocenters. The molecule has 1 atom stereocenters. The van der Waals surface area contributed by atoms with Gasteiger partial charge in [0.05, 0.1) is 0 Å². The van der Waals surface area contributed by atoms with Crippen LogP contribution in [0.4, 0.5) is 0 Å². The molecule has 2 N–H and O–H groups in total. The van der Waals surface area contributed by atoms with Crippen LogP contribution in [0.1, 0.15) is 44.1 Å². The minimum Gasteiger partial charge on any atom is -0.355 e. The molecule has 1 saturated heterocycles. The number of halogens is 2. The summed E-state index contributed by atoms with van der Waals surface area (Å²) in [5, 5.41) is 7.30. The van der Waals surface area contributed by atoms with Crippen LogP contribution in [0.3, 0.4) is 0 Å². The monoisotopic (exact) mass is 342 g/mol. The summed E-state index contributed by atoms with van der Waals surface area (Å²) < 4.78 is 0. The van der Waals surface area contributed by atoms with E-state index in [1.807, 2.05) is 12.1 Å². The molecular formula is C17H24Cl2N2O. The van der Waals surface area contributed by atoms with Gasteiger partial charge in [-0.3, -0.25) is 4.79 Å². The van der Waals surface area contributed by atoms with E-state index in [1.165, 1.54) is 18.4 Å². The molecule has 1 saturated carbocycles. The van der Waals surface area contributed by atoms with Crippen LogP contribution in [-0.2, 0) is 10.2 Å². The zero-order valence-corrected chi connectivity index (χ0v) is 14.3. The summed E-state index contributed by atoms with van der Waals surface area (Å²) >= 11 is 5.97. The molecule has 1 aliphatic carbocycles. The lowest BCUT2D eigenvalue weighted by molar-refractivity contribution is -0.122. The highest BCUT2D eigenvalue weighted by atomic mass is 35.5. The predicted molar refractivity (Wildman–Crippen MR) is 92.9 cm³/mol. The predicted octanol–water partition coefficient (Wildman–Crippen LogP) is 3.44. The number of carbonyl (C=O) groups excluding carboxylic acids is 1. The van der Waals surface area contributed by atoms with Gasteiger partial charge < -0.3 is 10.6 Å². The van der Waals surface area contributed by atoms with Crippen molar-refractivity contribution in [3.8, 4) is 0 Å². The van der Waals surface area contributed by atoms with Gasteiger partial charge in [-0.05, 0) is 49.9 Å². The van der Waals surface area contributed by atoms with Crippen molar-refractivity contribution >= 4 is 29.9 Å². The zero-order valence-electron chi connectivity index (χ0n) is 12.7. The highest BCUT2D eigenvalue weighted by molar-refractivity contribution is 6.30. The first-order valence-electron chi connectivity index (χ1n) is 7.94. The summed E-state index contributed by atoms with van der Waals surface area (Å²) in [7, 11) is 0. The van der Waals surface area contributed by atoms with Crippen LogP contribution in [0.2, 0.25) is 5.02 Å². The molecule has 1 aromatic carbocycles. The summed E-state index contributed by atoms with van der Waals surface area (Å²) in [6.45, 7) is 1.80. The number of carbonyl (C=O) groups is 1. The molecule has 3 nitrogen and oxygen atoms in total. The summed E-state index contributed by atoms with van der Waals surface area (Å²) in [6.07, 6.45) is 6.45. The first-order chi connectivity index (χ1) is 10.2. The molecule has 1 heterocycles. The van der Waals surface area contributed by atoms with E-state index in [1.54, 1.807) is 0 Å². The summed E-state index contributed by atoms with van der Waals surface area (Å²) in [5.74, 6) is 0.176. The minimum absolute atomic E-state index is 0. The molecular weight excluding hydrogens is 319 g/mol.